The summed E-state index contributed by atoms with van der Waals surface area (Å²) in [6.45, 7) is 6.40. The Hall–Kier alpha value is -2.96. The Labute approximate surface area is 190 Å². The first kappa shape index (κ1) is 23.7. The van der Waals surface area contributed by atoms with Crippen LogP contribution in [0, 0.1) is 0 Å². The molecule has 1 aromatic carbocycles. The molecule has 1 atom stereocenters. The van der Waals surface area contributed by atoms with Crippen LogP contribution in [0.5, 0.6) is 11.5 Å². The normalized spacial score (nSPS) is 16.5. The molecule has 0 aliphatic carbocycles. The van der Waals surface area contributed by atoms with Crippen LogP contribution in [-0.2, 0) is 11.2 Å². The van der Waals surface area contributed by atoms with E-state index < -0.39 is 0 Å². The minimum Gasteiger partial charge on any atom is -0.493 e. The van der Waals surface area contributed by atoms with Gasteiger partial charge in [-0.25, -0.2) is 0 Å². The summed E-state index contributed by atoms with van der Waals surface area (Å²) in [5.41, 5.74) is 0.523. The highest BCUT2D eigenvalue weighted by Gasteiger charge is 2.30. The van der Waals surface area contributed by atoms with Crippen LogP contribution in [0.1, 0.15) is 74.4 Å². The van der Waals surface area contributed by atoms with Crippen LogP contribution in [0.3, 0.4) is 0 Å². The van der Waals surface area contributed by atoms with Gasteiger partial charge in [-0.3, -0.25) is 9.59 Å². The first-order valence-corrected chi connectivity index (χ1v) is 11.4. The number of rotatable bonds is 8. The predicted molar refractivity (Wildman–Crippen MR) is 122 cm³/mol. The van der Waals surface area contributed by atoms with Gasteiger partial charge in [-0.1, -0.05) is 19.8 Å². The Bertz CT molecular complexity index is 921. The van der Waals surface area contributed by atoms with E-state index in [1.54, 1.807) is 18.2 Å². The molecule has 0 radical (unpaired) electrons. The van der Waals surface area contributed by atoms with Gasteiger partial charge < -0.3 is 24.1 Å². The van der Waals surface area contributed by atoms with E-state index in [1.807, 2.05) is 30.9 Å². The third-order valence-corrected chi connectivity index (χ3v) is 5.59. The van der Waals surface area contributed by atoms with Gasteiger partial charge in [0, 0.05) is 24.6 Å². The summed E-state index contributed by atoms with van der Waals surface area (Å²) in [6, 6.07) is 9.04. The molecular weight excluding hydrogens is 408 g/mol. The topological polar surface area (TPSA) is 81.0 Å². The summed E-state index contributed by atoms with van der Waals surface area (Å²) >= 11 is 0. The zero-order chi connectivity index (χ0) is 23.1. The molecular formula is C25H34N2O5. The van der Waals surface area contributed by atoms with Gasteiger partial charge in [0.25, 0.3) is 11.8 Å². The number of benzene rings is 1. The molecule has 174 valence electrons. The fourth-order valence-corrected chi connectivity index (χ4v) is 4.00. The van der Waals surface area contributed by atoms with Crippen LogP contribution in [-0.4, -0.2) is 43.0 Å². The zero-order valence-electron chi connectivity index (χ0n) is 19.5. The van der Waals surface area contributed by atoms with E-state index in [4.69, 9.17) is 13.9 Å². The Kier molecular flexibility index (Phi) is 8.20. The Balaban J connectivity index is 1.79. The number of nitrogens with zero attached hydrogens (tertiary/aromatic N) is 1. The van der Waals surface area contributed by atoms with Gasteiger partial charge in [0.1, 0.15) is 11.5 Å². The highest BCUT2D eigenvalue weighted by Crippen LogP contribution is 2.34. The summed E-state index contributed by atoms with van der Waals surface area (Å²) in [5.74, 6) is 2.36. The Morgan fingerprint density at radius 3 is 2.66 bits per heavy atom. The van der Waals surface area contributed by atoms with Crippen molar-refractivity contribution in [3.8, 4) is 11.5 Å². The van der Waals surface area contributed by atoms with Crippen molar-refractivity contribution < 1.29 is 23.5 Å². The van der Waals surface area contributed by atoms with Gasteiger partial charge >= 0.3 is 0 Å². The third kappa shape index (κ3) is 5.84. The molecule has 3 rings (SSSR count). The molecule has 1 N–H and O–H groups in total. The van der Waals surface area contributed by atoms with Crippen LogP contribution < -0.4 is 14.8 Å². The molecule has 2 heterocycles. The number of hydrogen-bond donors (Lipinski definition) is 1. The summed E-state index contributed by atoms with van der Waals surface area (Å²) in [4.78, 5) is 27.3. The third-order valence-electron chi connectivity index (χ3n) is 5.59. The summed E-state index contributed by atoms with van der Waals surface area (Å²) in [5, 5.41) is 2.78. The summed E-state index contributed by atoms with van der Waals surface area (Å²) < 4.78 is 17.1. The molecule has 1 aliphatic heterocycles. The van der Waals surface area contributed by atoms with Gasteiger partial charge in [0.15, 0.2) is 18.1 Å². The second kappa shape index (κ2) is 11.1. The largest absolute Gasteiger partial charge is 0.493 e. The van der Waals surface area contributed by atoms with Crippen molar-refractivity contribution in [3.05, 3.63) is 47.4 Å². The highest BCUT2D eigenvalue weighted by atomic mass is 16.5. The molecule has 1 unspecified atom stereocenters. The molecule has 2 aromatic rings. The van der Waals surface area contributed by atoms with Crippen LogP contribution in [0.4, 0.5) is 0 Å². The molecule has 0 bridgehead atoms. The highest BCUT2D eigenvalue weighted by molar-refractivity contribution is 5.95. The number of aryl methyl sites for hydroxylation is 1. The number of carbonyl (C=O) groups excluding carboxylic acids is 2. The molecule has 7 heteroatoms. The monoisotopic (exact) mass is 442 g/mol. The zero-order valence-corrected chi connectivity index (χ0v) is 19.5. The number of furan rings is 1. The van der Waals surface area contributed by atoms with Crippen LogP contribution in [0.2, 0.25) is 0 Å². The van der Waals surface area contributed by atoms with E-state index in [9.17, 15) is 9.59 Å². The van der Waals surface area contributed by atoms with Crippen molar-refractivity contribution in [1.82, 2.24) is 10.2 Å². The van der Waals surface area contributed by atoms with Crippen molar-refractivity contribution in [2.24, 2.45) is 0 Å². The average molecular weight is 443 g/mol. The Morgan fingerprint density at radius 1 is 1.16 bits per heavy atom. The molecule has 32 heavy (non-hydrogen) atoms. The van der Waals surface area contributed by atoms with Crippen molar-refractivity contribution in [2.75, 3.05) is 20.3 Å². The number of amides is 2. The maximum atomic E-state index is 13.5. The fraction of sp³-hybridized carbons (Fsp3) is 0.520. The van der Waals surface area contributed by atoms with Crippen molar-refractivity contribution in [1.29, 1.82) is 0 Å². The first-order valence-electron chi connectivity index (χ1n) is 11.4. The lowest BCUT2D eigenvalue weighted by Crippen LogP contribution is -2.35. The second-order valence-corrected chi connectivity index (χ2v) is 8.40. The number of likely N-dealkylation sites (tertiary alicyclic amines) is 1. The van der Waals surface area contributed by atoms with Gasteiger partial charge in [-0.05, 0) is 57.0 Å². The minimum atomic E-state index is -0.209. The lowest BCUT2D eigenvalue weighted by Gasteiger charge is -2.29. The molecule has 1 saturated heterocycles. The molecule has 1 fully saturated rings. The van der Waals surface area contributed by atoms with E-state index >= 15 is 0 Å². The number of methoxy groups -OCH3 is 1. The summed E-state index contributed by atoms with van der Waals surface area (Å²) in [7, 11) is 1.52. The molecule has 1 aliphatic rings. The maximum Gasteiger partial charge on any atom is 0.258 e. The van der Waals surface area contributed by atoms with E-state index in [1.165, 1.54) is 7.11 Å². The minimum absolute atomic E-state index is 0.0390. The van der Waals surface area contributed by atoms with Crippen molar-refractivity contribution in [2.45, 2.75) is 65.0 Å². The van der Waals surface area contributed by atoms with Gasteiger partial charge in [0.2, 0.25) is 0 Å². The van der Waals surface area contributed by atoms with Gasteiger partial charge in [-0.15, -0.1) is 0 Å². The lowest BCUT2D eigenvalue weighted by molar-refractivity contribution is -0.123. The molecule has 2 amide bonds. The van der Waals surface area contributed by atoms with Gasteiger partial charge in [0.05, 0.1) is 13.2 Å². The number of hydrogen-bond acceptors (Lipinski definition) is 5. The number of nitrogens with one attached hydrogen (secondary N) is 1. The number of carbonyl (C=O) groups is 2. The SMILES string of the molecule is CCc1ccc(C2CCCCCN2C(=O)c2ccc(OCC(=O)NC(C)C)c(OC)c2)o1. The van der Waals surface area contributed by atoms with E-state index in [-0.39, 0.29) is 30.5 Å². The van der Waals surface area contributed by atoms with Gasteiger partial charge in [-0.2, -0.15) is 0 Å². The molecule has 7 nitrogen and oxygen atoms in total. The van der Waals surface area contributed by atoms with E-state index in [0.29, 0.717) is 23.6 Å². The number of ether oxygens (including phenoxy) is 2. The van der Waals surface area contributed by atoms with Crippen LogP contribution >= 0.6 is 0 Å². The molecule has 0 spiro atoms. The standard InChI is InChI=1S/C25H34N2O5/c1-5-19-11-13-21(32-19)20-9-7-6-8-14-27(20)25(29)18-10-12-22(23(15-18)30-4)31-16-24(28)26-17(2)3/h10-13,15,17,20H,5-9,14,16H2,1-4H3,(H,26,28). The Morgan fingerprint density at radius 2 is 1.97 bits per heavy atom. The quantitative estimate of drug-likeness (QED) is 0.650. The second-order valence-electron chi connectivity index (χ2n) is 8.40. The predicted octanol–water partition coefficient (Wildman–Crippen LogP) is 4.51. The van der Waals surface area contributed by atoms with Crippen LogP contribution in [0.15, 0.2) is 34.7 Å². The molecule has 1 aromatic heterocycles. The first-order chi connectivity index (χ1) is 15.4. The fourth-order valence-electron chi connectivity index (χ4n) is 4.00. The van der Waals surface area contributed by atoms with E-state index in [0.717, 1.165) is 43.6 Å². The van der Waals surface area contributed by atoms with E-state index in [2.05, 4.69) is 12.2 Å². The average Bonchev–Trinajstić information content (AvgIpc) is 3.13. The lowest BCUT2D eigenvalue weighted by atomic mass is 10.1. The van der Waals surface area contributed by atoms with Crippen molar-refractivity contribution >= 4 is 11.8 Å². The van der Waals surface area contributed by atoms with Crippen molar-refractivity contribution in [3.63, 3.8) is 0 Å². The van der Waals surface area contributed by atoms with Crippen LogP contribution in [0.25, 0.3) is 0 Å². The smallest absolute Gasteiger partial charge is 0.258 e. The summed E-state index contributed by atoms with van der Waals surface area (Å²) in [6.07, 6.45) is 4.83. The maximum absolute atomic E-state index is 13.5. The molecule has 0 saturated carbocycles.